The summed E-state index contributed by atoms with van der Waals surface area (Å²) >= 11 is 0. The molecular formula is C15H21BF4N2O3. The summed E-state index contributed by atoms with van der Waals surface area (Å²) in [5.74, 6) is 0. The van der Waals surface area contributed by atoms with E-state index in [1.165, 1.54) is 11.8 Å². The SMILES string of the molecule is COCCn1cc(C(=C(F)B2OC(C)(C)C(C)(C)O2)C(F)(F)F)cn1. The third-order valence-corrected chi connectivity index (χ3v) is 4.43. The number of ether oxygens (including phenoxy) is 1. The van der Waals surface area contributed by atoms with Gasteiger partial charge in [0.05, 0.1) is 36.1 Å². The van der Waals surface area contributed by atoms with Crippen LogP contribution in [0.4, 0.5) is 17.6 Å². The third-order valence-electron chi connectivity index (χ3n) is 4.43. The van der Waals surface area contributed by atoms with Crippen LogP contribution >= 0.6 is 0 Å². The van der Waals surface area contributed by atoms with Gasteiger partial charge in [-0.2, -0.15) is 18.3 Å². The number of methoxy groups -OCH3 is 1. The minimum Gasteiger partial charge on any atom is -0.398 e. The minimum atomic E-state index is -4.93. The summed E-state index contributed by atoms with van der Waals surface area (Å²) < 4.78 is 72.1. The van der Waals surface area contributed by atoms with Crippen molar-refractivity contribution in [2.75, 3.05) is 13.7 Å². The first kappa shape index (κ1) is 19.9. The average molecular weight is 364 g/mol. The van der Waals surface area contributed by atoms with Crippen LogP contribution in [0.5, 0.6) is 0 Å². The summed E-state index contributed by atoms with van der Waals surface area (Å²) in [5.41, 5.74) is -5.26. The van der Waals surface area contributed by atoms with Gasteiger partial charge in [-0.1, -0.05) is 0 Å². The Hall–Kier alpha value is -1.39. The molecule has 0 amide bonds. The van der Waals surface area contributed by atoms with Gasteiger partial charge in [-0.05, 0) is 27.7 Å². The van der Waals surface area contributed by atoms with Crippen molar-refractivity contribution in [2.24, 2.45) is 0 Å². The molecule has 0 aromatic carbocycles. The first-order valence-corrected chi connectivity index (χ1v) is 7.73. The highest BCUT2D eigenvalue weighted by molar-refractivity contribution is 6.55. The molecule has 0 bridgehead atoms. The molecule has 1 aliphatic heterocycles. The molecule has 10 heteroatoms. The van der Waals surface area contributed by atoms with Gasteiger partial charge in [-0.15, -0.1) is 0 Å². The number of allylic oxidation sites excluding steroid dienone is 1. The molecule has 0 atom stereocenters. The molecular weight excluding hydrogens is 343 g/mol. The van der Waals surface area contributed by atoms with Crippen LogP contribution in [0.1, 0.15) is 33.3 Å². The number of alkyl halides is 3. The highest BCUT2D eigenvalue weighted by Gasteiger charge is 2.55. The maximum absolute atomic E-state index is 14.7. The Kier molecular flexibility index (Phi) is 5.37. The Labute approximate surface area is 144 Å². The van der Waals surface area contributed by atoms with Crippen molar-refractivity contribution < 1.29 is 31.6 Å². The number of nitrogens with zero attached hydrogens (tertiary/aromatic N) is 2. The molecule has 25 heavy (non-hydrogen) atoms. The topological polar surface area (TPSA) is 45.5 Å². The van der Waals surface area contributed by atoms with E-state index in [2.05, 4.69) is 5.10 Å². The minimum absolute atomic E-state index is 0.250. The van der Waals surface area contributed by atoms with E-state index in [1.807, 2.05) is 0 Å². The van der Waals surface area contributed by atoms with Crippen molar-refractivity contribution in [3.63, 3.8) is 0 Å². The lowest BCUT2D eigenvalue weighted by atomic mass is 9.83. The predicted octanol–water partition coefficient (Wildman–Crippen LogP) is 3.40. The molecule has 0 radical (unpaired) electrons. The molecule has 0 saturated carbocycles. The van der Waals surface area contributed by atoms with Gasteiger partial charge in [0.25, 0.3) is 0 Å². The lowest BCUT2D eigenvalue weighted by Crippen LogP contribution is -2.41. The zero-order valence-corrected chi connectivity index (χ0v) is 14.8. The molecule has 1 aliphatic rings. The Balaban J connectivity index is 2.40. The van der Waals surface area contributed by atoms with Gasteiger partial charge in [0.2, 0.25) is 0 Å². The number of hydrogen-bond acceptors (Lipinski definition) is 4. The van der Waals surface area contributed by atoms with E-state index in [0.29, 0.717) is 0 Å². The van der Waals surface area contributed by atoms with Gasteiger partial charge < -0.3 is 14.0 Å². The van der Waals surface area contributed by atoms with Gasteiger partial charge in [-0.25, -0.2) is 4.39 Å². The van der Waals surface area contributed by atoms with Crippen LogP contribution in [-0.4, -0.2) is 48.0 Å². The molecule has 1 saturated heterocycles. The largest absolute Gasteiger partial charge is 0.525 e. The normalized spacial score (nSPS) is 20.8. The molecule has 2 heterocycles. The molecule has 2 rings (SSSR count). The zero-order chi connectivity index (χ0) is 19.0. The van der Waals surface area contributed by atoms with Gasteiger partial charge in [-0.3, -0.25) is 4.68 Å². The first-order valence-electron chi connectivity index (χ1n) is 7.73. The summed E-state index contributed by atoms with van der Waals surface area (Å²) in [6.45, 7) is 7.06. The van der Waals surface area contributed by atoms with Crippen LogP contribution in [0.2, 0.25) is 0 Å². The van der Waals surface area contributed by atoms with Crippen LogP contribution in [-0.2, 0) is 20.6 Å². The Bertz CT molecular complexity index is 639. The summed E-state index contributed by atoms with van der Waals surface area (Å²) in [5, 5.41) is 3.81. The van der Waals surface area contributed by atoms with Crippen LogP contribution in [0.15, 0.2) is 18.1 Å². The van der Waals surface area contributed by atoms with Gasteiger partial charge in [0, 0.05) is 18.9 Å². The van der Waals surface area contributed by atoms with Crippen molar-refractivity contribution in [1.82, 2.24) is 9.78 Å². The number of rotatable bonds is 5. The standard InChI is InChI=1S/C15H21BF4N2O3/c1-13(2)14(3,4)25-16(24-13)12(17)11(15(18,19)20)10-8-21-22(9-10)6-7-23-5/h8-9H,6-7H2,1-5H3. The molecule has 1 fully saturated rings. The van der Waals surface area contributed by atoms with E-state index in [9.17, 15) is 17.6 Å². The fraction of sp³-hybridized carbons (Fsp3) is 0.667. The summed E-state index contributed by atoms with van der Waals surface area (Å²) in [4.78, 5) is 0. The second-order valence-electron chi connectivity index (χ2n) is 6.79. The van der Waals surface area contributed by atoms with Crippen LogP contribution in [0.25, 0.3) is 5.57 Å². The van der Waals surface area contributed by atoms with Crippen molar-refractivity contribution in [1.29, 1.82) is 0 Å². The maximum Gasteiger partial charge on any atom is 0.525 e. The molecule has 1 aromatic heterocycles. The summed E-state index contributed by atoms with van der Waals surface area (Å²) in [7, 11) is -0.271. The van der Waals surface area contributed by atoms with Gasteiger partial charge in [0.1, 0.15) is 5.73 Å². The number of aromatic nitrogens is 2. The molecule has 5 nitrogen and oxygen atoms in total. The van der Waals surface area contributed by atoms with Crippen LogP contribution in [0.3, 0.4) is 0 Å². The Morgan fingerprint density at radius 1 is 1.24 bits per heavy atom. The van der Waals surface area contributed by atoms with E-state index < -0.39 is 41.4 Å². The van der Waals surface area contributed by atoms with E-state index in [4.69, 9.17) is 14.0 Å². The highest BCUT2D eigenvalue weighted by Crippen LogP contribution is 2.43. The van der Waals surface area contributed by atoms with E-state index in [0.717, 1.165) is 12.4 Å². The van der Waals surface area contributed by atoms with Crippen molar-refractivity contribution in [2.45, 2.75) is 51.6 Å². The smallest absolute Gasteiger partial charge is 0.398 e. The highest BCUT2D eigenvalue weighted by atomic mass is 19.4. The molecule has 0 unspecified atom stereocenters. The van der Waals surface area contributed by atoms with E-state index >= 15 is 0 Å². The molecule has 140 valence electrons. The lowest BCUT2D eigenvalue weighted by Gasteiger charge is -2.32. The molecule has 0 aliphatic carbocycles. The fourth-order valence-electron chi connectivity index (χ4n) is 2.30. The zero-order valence-electron chi connectivity index (χ0n) is 14.8. The Morgan fingerprint density at radius 3 is 2.28 bits per heavy atom. The fourth-order valence-corrected chi connectivity index (χ4v) is 2.30. The van der Waals surface area contributed by atoms with E-state index in [1.54, 1.807) is 27.7 Å². The number of halogens is 4. The molecule has 0 spiro atoms. The van der Waals surface area contributed by atoms with Crippen LogP contribution in [0, 0.1) is 0 Å². The van der Waals surface area contributed by atoms with Gasteiger partial charge in [0.15, 0.2) is 0 Å². The predicted molar refractivity (Wildman–Crippen MR) is 84.3 cm³/mol. The number of hydrogen-bond donors (Lipinski definition) is 0. The first-order chi connectivity index (χ1) is 11.4. The van der Waals surface area contributed by atoms with Gasteiger partial charge >= 0.3 is 13.3 Å². The summed E-state index contributed by atoms with van der Waals surface area (Å²) in [6.07, 6.45) is -2.85. The van der Waals surface area contributed by atoms with Crippen LogP contribution < -0.4 is 0 Å². The van der Waals surface area contributed by atoms with Crippen molar-refractivity contribution in [3.05, 3.63) is 23.7 Å². The lowest BCUT2D eigenvalue weighted by molar-refractivity contribution is -0.0699. The van der Waals surface area contributed by atoms with Crippen molar-refractivity contribution in [3.8, 4) is 0 Å². The summed E-state index contributed by atoms with van der Waals surface area (Å²) in [6, 6.07) is 0. The second kappa shape index (κ2) is 6.73. The van der Waals surface area contributed by atoms with E-state index in [-0.39, 0.29) is 13.2 Å². The quantitative estimate of drug-likeness (QED) is 0.594. The third kappa shape index (κ3) is 4.07. The monoisotopic (exact) mass is 364 g/mol. The molecule has 0 N–H and O–H groups in total. The Morgan fingerprint density at radius 2 is 1.80 bits per heavy atom. The van der Waals surface area contributed by atoms with Crippen molar-refractivity contribution >= 4 is 12.7 Å². The maximum atomic E-state index is 14.7. The second-order valence-corrected chi connectivity index (χ2v) is 6.79. The average Bonchev–Trinajstić information content (AvgIpc) is 2.98. The molecule has 1 aromatic rings.